The lowest BCUT2D eigenvalue weighted by atomic mass is 10.1. The molecule has 0 aliphatic heterocycles. The zero-order valence-corrected chi connectivity index (χ0v) is 19.1. The van der Waals surface area contributed by atoms with Crippen molar-refractivity contribution in [1.29, 1.82) is 0 Å². The van der Waals surface area contributed by atoms with Crippen molar-refractivity contribution in [3.05, 3.63) is 84.4 Å². The van der Waals surface area contributed by atoms with Gasteiger partial charge in [0.2, 0.25) is 10.9 Å². The minimum Gasteiger partial charge on any atom is -0.497 e. The van der Waals surface area contributed by atoms with Gasteiger partial charge in [0.15, 0.2) is 5.76 Å². The van der Waals surface area contributed by atoms with Gasteiger partial charge < -0.3 is 13.9 Å². The van der Waals surface area contributed by atoms with Crippen molar-refractivity contribution in [3.8, 4) is 34.3 Å². The summed E-state index contributed by atoms with van der Waals surface area (Å²) in [6.07, 6.45) is 0.441. The number of aromatic nitrogens is 1. The van der Waals surface area contributed by atoms with Gasteiger partial charge in [0.25, 0.3) is 10.0 Å². The highest BCUT2D eigenvalue weighted by atomic mass is 32.2. The molecule has 0 spiro atoms. The van der Waals surface area contributed by atoms with Gasteiger partial charge in [-0.05, 0) is 36.2 Å². The number of ether oxygens (including phenoxy) is 2. The Labute approximate surface area is 193 Å². The molecule has 0 atom stereocenters. The lowest BCUT2D eigenvalue weighted by Crippen LogP contribution is -2.26. The zero-order valence-electron chi connectivity index (χ0n) is 18.3. The average Bonchev–Trinajstić information content (AvgIpc) is 3.31. The maximum absolute atomic E-state index is 13.2. The van der Waals surface area contributed by atoms with Crippen molar-refractivity contribution in [2.75, 3.05) is 20.8 Å². The third-order valence-corrected chi connectivity index (χ3v) is 6.39. The average molecular weight is 465 g/mol. The second-order valence-electron chi connectivity index (χ2n) is 7.25. The molecular weight excluding hydrogens is 440 g/mol. The molecule has 0 unspecified atom stereocenters. The zero-order chi connectivity index (χ0) is 23.3. The molecule has 170 valence electrons. The number of hydrogen-bond acceptors (Lipinski definition) is 6. The number of rotatable bonds is 9. The van der Waals surface area contributed by atoms with Crippen LogP contribution in [0.4, 0.5) is 0 Å². The monoisotopic (exact) mass is 464 g/mol. The Morgan fingerprint density at radius 3 is 2.00 bits per heavy atom. The molecule has 1 aromatic heterocycles. The van der Waals surface area contributed by atoms with Crippen LogP contribution in [0.5, 0.6) is 11.5 Å². The largest absolute Gasteiger partial charge is 0.497 e. The lowest BCUT2D eigenvalue weighted by Gasteiger charge is -2.09. The Morgan fingerprint density at radius 1 is 0.848 bits per heavy atom. The SMILES string of the molecule is COc1cc(CCNS(=O)(=O)c2nc(-c3ccccc3)oc2-c2ccccc2)cc(OC)c1. The maximum atomic E-state index is 13.2. The summed E-state index contributed by atoms with van der Waals surface area (Å²) in [4.78, 5) is 4.35. The summed E-state index contributed by atoms with van der Waals surface area (Å²) in [6, 6.07) is 23.7. The second kappa shape index (κ2) is 9.89. The van der Waals surface area contributed by atoms with Crippen LogP contribution in [0, 0.1) is 0 Å². The molecule has 0 saturated heterocycles. The van der Waals surface area contributed by atoms with E-state index in [9.17, 15) is 8.42 Å². The Kier molecular flexibility index (Phi) is 6.76. The van der Waals surface area contributed by atoms with E-state index in [0.717, 1.165) is 5.56 Å². The number of hydrogen-bond donors (Lipinski definition) is 1. The number of oxazole rings is 1. The van der Waals surface area contributed by atoms with Crippen LogP contribution < -0.4 is 14.2 Å². The number of nitrogens with one attached hydrogen (secondary N) is 1. The first kappa shape index (κ1) is 22.6. The van der Waals surface area contributed by atoms with Crippen LogP contribution in [0.1, 0.15) is 5.56 Å². The Morgan fingerprint density at radius 2 is 1.42 bits per heavy atom. The Hall–Kier alpha value is -3.62. The van der Waals surface area contributed by atoms with E-state index in [1.165, 1.54) is 0 Å². The molecule has 0 aliphatic rings. The molecule has 0 amide bonds. The quantitative estimate of drug-likeness (QED) is 0.391. The molecule has 0 saturated carbocycles. The first-order valence-corrected chi connectivity index (χ1v) is 11.8. The van der Waals surface area contributed by atoms with Gasteiger partial charge in [-0.2, -0.15) is 4.98 Å². The highest BCUT2D eigenvalue weighted by Gasteiger charge is 2.27. The lowest BCUT2D eigenvalue weighted by molar-refractivity contribution is 0.393. The normalized spacial score (nSPS) is 11.3. The molecule has 3 aromatic carbocycles. The van der Waals surface area contributed by atoms with Crippen LogP contribution in [0.3, 0.4) is 0 Å². The molecule has 8 heteroatoms. The van der Waals surface area contributed by atoms with E-state index in [4.69, 9.17) is 13.9 Å². The summed E-state index contributed by atoms with van der Waals surface area (Å²) in [6.45, 7) is 0.167. The van der Waals surface area contributed by atoms with Gasteiger partial charge in [-0.1, -0.05) is 48.5 Å². The summed E-state index contributed by atoms with van der Waals surface area (Å²) in [5.41, 5.74) is 2.20. The minimum absolute atomic E-state index is 0.143. The van der Waals surface area contributed by atoms with E-state index in [2.05, 4.69) is 9.71 Å². The molecule has 1 heterocycles. The van der Waals surface area contributed by atoms with Crippen LogP contribution in [0.2, 0.25) is 0 Å². The van der Waals surface area contributed by atoms with E-state index >= 15 is 0 Å². The third-order valence-electron chi connectivity index (χ3n) is 5.02. The van der Waals surface area contributed by atoms with Crippen molar-refractivity contribution in [3.63, 3.8) is 0 Å². The van der Waals surface area contributed by atoms with E-state index in [1.807, 2.05) is 60.7 Å². The first-order valence-electron chi connectivity index (χ1n) is 10.3. The van der Waals surface area contributed by atoms with E-state index in [1.54, 1.807) is 32.4 Å². The third kappa shape index (κ3) is 5.24. The Bertz CT molecular complexity index is 1300. The molecule has 0 bridgehead atoms. The fraction of sp³-hybridized carbons (Fsp3) is 0.160. The minimum atomic E-state index is -3.95. The summed E-state index contributed by atoms with van der Waals surface area (Å²) in [5.74, 6) is 1.72. The molecular formula is C25H24N2O5S. The van der Waals surface area contributed by atoms with Gasteiger partial charge in [-0.15, -0.1) is 0 Å². The fourth-order valence-corrected chi connectivity index (χ4v) is 4.49. The molecule has 0 aliphatic carbocycles. The van der Waals surface area contributed by atoms with E-state index in [0.29, 0.717) is 29.0 Å². The summed E-state index contributed by atoms with van der Waals surface area (Å²) >= 11 is 0. The van der Waals surface area contributed by atoms with Gasteiger partial charge in [0.05, 0.1) is 14.2 Å². The number of benzene rings is 3. The topological polar surface area (TPSA) is 90.7 Å². The number of methoxy groups -OCH3 is 2. The van der Waals surface area contributed by atoms with Crippen molar-refractivity contribution < 1.29 is 22.3 Å². The molecule has 33 heavy (non-hydrogen) atoms. The van der Waals surface area contributed by atoms with Gasteiger partial charge in [0.1, 0.15) is 11.5 Å². The van der Waals surface area contributed by atoms with Gasteiger partial charge in [-0.25, -0.2) is 13.1 Å². The smallest absolute Gasteiger partial charge is 0.262 e. The second-order valence-corrected chi connectivity index (χ2v) is 8.94. The van der Waals surface area contributed by atoms with Crippen molar-refractivity contribution >= 4 is 10.0 Å². The number of sulfonamides is 1. The van der Waals surface area contributed by atoms with Crippen LogP contribution in [0.15, 0.2) is 88.3 Å². The summed E-state index contributed by atoms with van der Waals surface area (Å²) < 4.78 is 45.6. The van der Waals surface area contributed by atoms with Crippen molar-refractivity contribution in [2.45, 2.75) is 11.4 Å². The van der Waals surface area contributed by atoms with E-state index in [-0.39, 0.29) is 23.2 Å². The summed E-state index contributed by atoms with van der Waals surface area (Å²) in [5, 5.41) is -0.143. The molecule has 7 nitrogen and oxygen atoms in total. The highest BCUT2D eigenvalue weighted by molar-refractivity contribution is 7.89. The van der Waals surface area contributed by atoms with Crippen LogP contribution in [-0.4, -0.2) is 34.2 Å². The van der Waals surface area contributed by atoms with Gasteiger partial charge in [0, 0.05) is 23.7 Å². The van der Waals surface area contributed by atoms with Crippen LogP contribution in [0.25, 0.3) is 22.8 Å². The van der Waals surface area contributed by atoms with Gasteiger partial charge in [-0.3, -0.25) is 0 Å². The van der Waals surface area contributed by atoms with Crippen molar-refractivity contribution in [2.24, 2.45) is 0 Å². The maximum Gasteiger partial charge on any atom is 0.262 e. The standard InChI is InChI=1S/C25H24N2O5S/c1-30-21-15-18(16-22(17-21)31-2)13-14-26-33(28,29)25-23(19-9-5-3-6-10-19)32-24(27-25)20-11-7-4-8-12-20/h3-12,15-17,26H,13-14H2,1-2H3. The predicted octanol–water partition coefficient (Wildman–Crippen LogP) is 4.55. The molecule has 4 rings (SSSR count). The highest BCUT2D eigenvalue weighted by Crippen LogP contribution is 2.32. The first-order chi connectivity index (χ1) is 16.0. The molecule has 0 fully saturated rings. The number of nitrogens with zero attached hydrogens (tertiary/aromatic N) is 1. The fourth-order valence-electron chi connectivity index (χ4n) is 3.37. The predicted molar refractivity (Wildman–Crippen MR) is 126 cm³/mol. The van der Waals surface area contributed by atoms with E-state index < -0.39 is 10.0 Å². The molecule has 0 radical (unpaired) electrons. The molecule has 1 N–H and O–H groups in total. The van der Waals surface area contributed by atoms with Crippen LogP contribution in [-0.2, 0) is 16.4 Å². The van der Waals surface area contributed by atoms with Gasteiger partial charge >= 0.3 is 0 Å². The Balaban J connectivity index is 1.61. The molecule has 4 aromatic rings. The summed E-state index contributed by atoms with van der Waals surface area (Å²) in [7, 11) is -0.804. The van der Waals surface area contributed by atoms with Crippen LogP contribution >= 0.6 is 0 Å². The van der Waals surface area contributed by atoms with Crippen molar-refractivity contribution in [1.82, 2.24) is 9.71 Å².